The van der Waals surface area contributed by atoms with Crippen molar-refractivity contribution in [2.75, 3.05) is 4.90 Å². The fraction of sp³-hybridized carbons (Fsp3) is 0. The molecular formula is C42H25NO. The molecule has 1 heterocycles. The van der Waals surface area contributed by atoms with Gasteiger partial charge in [0.15, 0.2) is 0 Å². The first-order valence-electron chi connectivity index (χ1n) is 15.1. The normalized spacial score (nSPS) is 12.1. The van der Waals surface area contributed by atoms with Crippen molar-refractivity contribution in [2.45, 2.75) is 0 Å². The molecular weight excluding hydrogens is 534 g/mol. The second kappa shape index (κ2) is 8.82. The van der Waals surface area contributed by atoms with Crippen LogP contribution >= 0.6 is 0 Å². The number of benzene rings is 7. The lowest BCUT2D eigenvalue weighted by Gasteiger charge is -2.31. The van der Waals surface area contributed by atoms with Crippen molar-refractivity contribution in [3.8, 4) is 55.6 Å². The fourth-order valence-corrected chi connectivity index (χ4v) is 7.64. The molecule has 0 saturated heterocycles. The molecule has 2 aliphatic rings. The molecule has 0 amide bonds. The number of fused-ring (bicyclic) bond motifs is 7. The van der Waals surface area contributed by atoms with E-state index in [2.05, 4.69) is 150 Å². The molecule has 1 aromatic heterocycles. The Morgan fingerprint density at radius 2 is 0.864 bits per heavy atom. The largest absolute Gasteiger partial charge is 0.456 e. The topological polar surface area (TPSA) is 16.4 Å². The maximum absolute atomic E-state index is 6.39. The van der Waals surface area contributed by atoms with Crippen LogP contribution in [-0.2, 0) is 0 Å². The van der Waals surface area contributed by atoms with E-state index in [4.69, 9.17) is 4.42 Å². The summed E-state index contributed by atoms with van der Waals surface area (Å²) in [5.41, 5.74) is 17.9. The first kappa shape index (κ1) is 23.7. The van der Waals surface area contributed by atoms with E-state index in [1.807, 2.05) is 6.07 Å². The van der Waals surface area contributed by atoms with Crippen molar-refractivity contribution in [1.29, 1.82) is 0 Å². The number of nitrogens with zero attached hydrogens (tertiary/aromatic N) is 1. The molecule has 0 saturated carbocycles. The molecule has 6 bridgehead atoms. The van der Waals surface area contributed by atoms with Gasteiger partial charge in [0.25, 0.3) is 0 Å². The Morgan fingerprint density at radius 1 is 0.341 bits per heavy atom. The highest BCUT2D eigenvalue weighted by Crippen LogP contribution is 2.60. The smallest absolute Gasteiger partial charge is 0.137 e. The summed E-state index contributed by atoms with van der Waals surface area (Å²) >= 11 is 0. The Morgan fingerprint density at radius 3 is 1.66 bits per heavy atom. The number of hydrogen-bond acceptors (Lipinski definition) is 2. The number of para-hydroxylation sites is 2. The van der Waals surface area contributed by atoms with Gasteiger partial charge >= 0.3 is 0 Å². The molecule has 0 aliphatic heterocycles. The molecule has 0 atom stereocenters. The van der Waals surface area contributed by atoms with Gasteiger partial charge in [-0.15, -0.1) is 0 Å². The van der Waals surface area contributed by atoms with Crippen LogP contribution in [-0.4, -0.2) is 0 Å². The summed E-state index contributed by atoms with van der Waals surface area (Å²) in [5, 5.41) is 2.23. The summed E-state index contributed by atoms with van der Waals surface area (Å²) in [6.45, 7) is 0. The minimum Gasteiger partial charge on any atom is -0.456 e. The molecule has 7 aromatic carbocycles. The Hall–Kier alpha value is -5.86. The monoisotopic (exact) mass is 559 g/mol. The van der Waals surface area contributed by atoms with E-state index in [0.29, 0.717) is 0 Å². The van der Waals surface area contributed by atoms with E-state index < -0.39 is 0 Å². The highest BCUT2D eigenvalue weighted by Gasteiger charge is 2.33. The highest BCUT2D eigenvalue weighted by molar-refractivity contribution is 6.19. The number of rotatable bonds is 3. The average Bonchev–Trinajstić information content (AvgIpc) is 3.42. The van der Waals surface area contributed by atoms with Gasteiger partial charge in [-0.1, -0.05) is 115 Å². The molecule has 0 fully saturated rings. The zero-order valence-corrected chi connectivity index (χ0v) is 23.8. The van der Waals surface area contributed by atoms with E-state index in [-0.39, 0.29) is 0 Å². The Balaban J connectivity index is 1.37. The van der Waals surface area contributed by atoms with Crippen LogP contribution in [0.5, 0.6) is 0 Å². The molecule has 0 N–H and O–H groups in total. The van der Waals surface area contributed by atoms with E-state index >= 15 is 0 Å². The molecule has 10 rings (SSSR count). The van der Waals surface area contributed by atoms with Gasteiger partial charge < -0.3 is 9.32 Å². The van der Waals surface area contributed by atoms with Gasteiger partial charge in [0.05, 0.1) is 16.8 Å². The van der Waals surface area contributed by atoms with Gasteiger partial charge in [-0.25, -0.2) is 0 Å². The van der Waals surface area contributed by atoms with Crippen LogP contribution in [0.4, 0.5) is 17.1 Å². The predicted octanol–water partition coefficient (Wildman–Crippen LogP) is 12.0. The van der Waals surface area contributed by atoms with Crippen molar-refractivity contribution in [3.63, 3.8) is 0 Å². The van der Waals surface area contributed by atoms with Crippen molar-refractivity contribution in [3.05, 3.63) is 152 Å². The van der Waals surface area contributed by atoms with Gasteiger partial charge in [-0.2, -0.15) is 0 Å². The Labute approximate surface area is 255 Å². The Bertz CT molecular complexity index is 2430. The van der Waals surface area contributed by atoms with Gasteiger partial charge in [0.1, 0.15) is 11.2 Å². The van der Waals surface area contributed by atoms with E-state index in [9.17, 15) is 0 Å². The van der Waals surface area contributed by atoms with Crippen LogP contribution in [0.3, 0.4) is 0 Å². The summed E-state index contributed by atoms with van der Waals surface area (Å²) < 4.78 is 6.39. The summed E-state index contributed by atoms with van der Waals surface area (Å²) in [4.78, 5) is 2.44. The lowest BCUT2D eigenvalue weighted by molar-refractivity contribution is 0.669. The first-order chi connectivity index (χ1) is 21.9. The summed E-state index contributed by atoms with van der Waals surface area (Å²) in [6, 6.07) is 54.8. The molecule has 2 nitrogen and oxygen atoms in total. The number of furan rings is 1. The maximum Gasteiger partial charge on any atom is 0.137 e. The maximum atomic E-state index is 6.39. The summed E-state index contributed by atoms with van der Waals surface area (Å²) in [7, 11) is 0. The molecule has 0 spiro atoms. The molecule has 44 heavy (non-hydrogen) atoms. The molecule has 8 aromatic rings. The van der Waals surface area contributed by atoms with Crippen LogP contribution in [0.2, 0.25) is 0 Å². The van der Waals surface area contributed by atoms with Crippen LogP contribution in [0.1, 0.15) is 0 Å². The second-order valence-electron chi connectivity index (χ2n) is 11.6. The Kier molecular flexibility index (Phi) is 4.75. The number of anilines is 3. The van der Waals surface area contributed by atoms with E-state index in [1.54, 1.807) is 0 Å². The van der Waals surface area contributed by atoms with Crippen molar-refractivity contribution < 1.29 is 4.42 Å². The lowest BCUT2D eigenvalue weighted by Crippen LogP contribution is -2.12. The second-order valence-corrected chi connectivity index (χ2v) is 11.6. The van der Waals surface area contributed by atoms with E-state index in [0.717, 1.165) is 39.0 Å². The van der Waals surface area contributed by atoms with Crippen molar-refractivity contribution in [2.24, 2.45) is 0 Å². The minimum atomic E-state index is 0.886. The van der Waals surface area contributed by atoms with Gasteiger partial charge in [0, 0.05) is 22.2 Å². The zero-order chi connectivity index (χ0) is 28.8. The fourth-order valence-electron chi connectivity index (χ4n) is 7.64. The minimum absolute atomic E-state index is 0.886. The predicted molar refractivity (Wildman–Crippen MR) is 183 cm³/mol. The molecule has 0 radical (unpaired) electrons. The third-order valence-electron chi connectivity index (χ3n) is 9.37. The SMILES string of the molecule is c1ccc(N(c2cccc3c2-c2c4cccc2-c2cccc-3c2-c2ccccc2-4)c2cccc3oc4ccccc4c23)cc1. The third-order valence-corrected chi connectivity index (χ3v) is 9.37. The third kappa shape index (κ3) is 3.09. The van der Waals surface area contributed by atoms with Crippen LogP contribution in [0.25, 0.3) is 77.6 Å². The van der Waals surface area contributed by atoms with Gasteiger partial charge in [-0.05, 0) is 80.9 Å². The van der Waals surface area contributed by atoms with Gasteiger partial charge in [-0.3, -0.25) is 0 Å². The first-order valence-corrected chi connectivity index (χ1v) is 15.1. The lowest BCUT2D eigenvalue weighted by atomic mass is 9.82. The molecule has 0 unspecified atom stereocenters. The van der Waals surface area contributed by atoms with Gasteiger partial charge in [0.2, 0.25) is 0 Å². The van der Waals surface area contributed by atoms with Crippen LogP contribution in [0.15, 0.2) is 156 Å². The van der Waals surface area contributed by atoms with Crippen LogP contribution < -0.4 is 4.90 Å². The highest BCUT2D eigenvalue weighted by atomic mass is 16.3. The number of hydrogen-bond donors (Lipinski definition) is 0. The zero-order valence-electron chi connectivity index (χ0n) is 23.8. The standard InChI is InChI=1S/C42H25NO/c1-2-12-26(13-3-1)43(35-23-11-25-38-41(35)34-16-6-7-24-37(34)44-38)36-22-10-21-33-31-19-9-18-30-32-20-8-17-29(40(32)42(33)36)27-14-4-5-15-28(27)39(30)31/h1-25H. The van der Waals surface area contributed by atoms with Crippen molar-refractivity contribution >= 4 is 39.0 Å². The summed E-state index contributed by atoms with van der Waals surface area (Å²) in [6.07, 6.45) is 0. The molecule has 2 aliphatic carbocycles. The van der Waals surface area contributed by atoms with Crippen molar-refractivity contribution in [1.82, 2.24) is 0 Å². The van der Waals surface area contributed by atoms with E-state index in [1.165, 1.54) is 55.6 Å². The average molecular weight is 560 g/mol. The van der Waals surface area contributed by atoms with Crippen LogP contribution in [0, 0.1) is 0 Å². The quantitative estimate of drug-likeness (QED) is 0.214. The molecule has 204 valence electrons. The molecule has 2 heteroatoms. The summed E-state index contributed by atoms with van der Waals surface area (Å²) in [5.74, 6) is 0.